The molecule has 0 spiro atoms. The van der Waals surface area contributed by atoms with Crippen molar-refractivity contribution in [3.8, 4) is 0 Å². The first-order valence-corrected chi connectivity index (χ1v) is 10.8. The molecule has 8 heteroatoms. The van der Waals surface area contributed by atoms with Crippen LogP contribution < -0.4 is 10.0 Å². The molecule has 0 saturated carbocycles. The van der Waals surface area contributed by atoms with Crippen LogP contribution in [0.15, 0.2) is 53.4 Å². The zero-order valence-corrected chi connectivity index (χ0v) is 17.6. The van der Waals surface area contributed by atoms with E-state index in [9.17, 15) is 18.0 Å². The van der Waals surface area contributed by atoms with E-state index in [2.05, 4.69) is 10.0 Å². The van der Waals surface area contributed by atoms with Crippen molar-refractivity contribution in [2.75, 3.05) is 6.54 Å². The zero-order chi connectivity index (χ0) is 21.4. The third-order valence-electron chi connectivity index (χ3n) is 4.16. The van der Waals surface area contributed by atoms with E-state index in [-0.39, 0.29) is 10.5 Å². The van der Waals surface area contributed by atoms with Crippen molar-refractivity contribution in [2.45, 2.75) is 44.7 Å². The Balaban J connectivity index is 1.97. The monoisotopic (exact) mass is 418 g/mol. The third-order valence-corrected chi connectivity index (χ3v) is 5.62. The van der Waals surface area contributed by atoms with Gasteiger partial charge in [0.15, 0.2) is 6.10 Å². The van der Waals surface area contributed by atoms with Gasteiger partial charge in [-0.15, -0.1) is 0 Å². The molecule has 2 rings (SSSR count). The molecule has 0 heterocycles. The summed E-state index contributed by atoms with van der Waals surface area (Å²) < 4.78 is 32.0. The maximum absolute atomic E-state index is 12.3. The minimum absolute atomic E-state index is 0.0307. The number of esters is 1. The van der Waals surface area contributed by atoms with Gasteiger partial charge in [0.2, 0.25) is 10.0 Å². The van der Waals surface area contributed by atoms with E-state index in [1.165, 1.54) is 31.2 Å². The van der Waals surface area contributed by atoms with Crippen LogP contribution in [0.3, 0.4) is 0 Å². The van der Waals surface area contributed by atoms with E-state index >= 15 is 0 Å². The van der Waals surface area contributed by atoms with Gasteiger partial charge >= 0.3 is 5.97 Å². The summed E-state index contributed by atoms with van der Waals surface area (Å²) in [5.41, 5.74) is 2.11. The molecule has 0 unspecified atom stereocenters. The molecule has 0 aliphatic heterocycles. The van der Waals surface area contributed by atoms with Gasteiger partial charge in [-0.1, -0.05) is 42.8 Å². The van der Waals surface area contributed by atoms with E-state index < -0.39 is 28.0 Å². The Hall–Kier alpha value is -2.71. The van der Waals surface area contributed by atoms with Gasteiger partial charge in [0.1, 0.15) is 0 Å². The van der Waals surface area contributed by atoms with Crippen LogP contribution in [0.5, 0.6) is 0 Å². The summed E-state index contributed by atoms with van der Waals surface area (Å²) in [6, 6.07) is 13.2. The van der Waals surface area contributed by atoms with Crippen LogP contribution in [0, 0.1) is 6.92 Å². The molecule has 2 aromatic carbocycles. The minimum atomic E-state index is -3.70. The van der Waals surface area contributed by atoms with E-state index in [4.69, 9.17) is 4.74 Å². The fraction of sp³-hybridized carbons (Fsp3) is 0.333. The highest BCUT2D eigenvalue weighted by Crippen LogP contribution is 2.13. The number of carbonyl (C=O) groups is 2. The average molecular weight is 419 g/mol. The quantitative estimate of drug-likeness (QED) is 0.610. The lowest BCUT2D eigenvalue weighted by atomic mass is 10.1. The molecule has 0 aliphatic carbocycles. The fourth-order valence-corrected chi connectivity index (χ4v) is 3.61. The minimum Gasteiger partial charge on any atom is -0.449 e. The van der Waals surface area contributed by atoms with Crippen LogP contribution in [0.4, 0.5) is 0 Å². The number of aryl methyl sites for hydroxylation is 1. The van der Waals surface area contributed by atoms with Gasteiger partial charge in [-0.3, -0.25) is 4.79 Å². The summed E-state index contributed by atoms with van der Waals surface area (Å²) in [6.45, 7) is 5.91. The Morgan fingerprint density at radius 3 is 2.45 bits per heavy atom. The number of hydrogen-bond acceptors (Lipinski definition) is 5. The van der Waals surface area contributed by atoms with Crippen LogP contribution in [0.25, 0.3) is 0 Å². The summed E-state index contributed by atoms with van der Waals surface area (Å²) >= 11 is 0. The van der Waals surface area contributed by atoms with Crippen LogP contribution >= 0.6 is 0 Å². The maximum Gasteiger partial charge on any atom is 0.338 e. The van der Waals surface area contributed by atoms with Gasteiger partial charge < -0.3 is 10.1 Å². The second-order valence-corrected chi connectivity index (χ2v) is 8.44. The Labute approximate surface area is 171 Å². The molecule has 1 amide bonds. The Morgan fingerprint density at radius 1 is 1.10 bits per heavy atom. The highest BCUT2D eigenvalue weighted by atomic mass is 32.2. The summed E-state index contributed by atoms with van der Waals surface area (Å²) in [6.07, 6.45) is -0.373. The van der Waals surface area contributed by atoms with Crippen LogP contribution in [-0.2, 0) is 26.1 Å². The lowest BCUT2D eigenvalue weighted by molar-refractivity contribution is -0.129. The number of amides is 1. The van der Waals surface area contributed by atoms with Gasteiger partial charge in [0, 0.05) is 13.1 Å². The smallest absolute Gasteiger partial charge is 0.338 e. The van der Waals surface area contributed by atoms with Gasteiger partial charge in [0.05, 0.1) is 10.5 Å². The molecule has 0 saturated heterocycles. The molecule has 0 aliphatic rings. The molecule has 29 heavy (non-hydrogen) atoms. The predicted octanol–water partition coefficient (Wildman–Crippen LogP) is 2.55. The molecule has 0 aromatic heterocycles. The molecule has 7 nitrogen and oxygen atoms in total. The molecule has 2 N–H and O–H groups in total. The van der Waals surface area contributed by atoms with Crippen molar-refractivity contribution in [3.05, 3.63) is 65.2 Å². The lowest BCUT2D eigenvalue weighted by Gasteiger charge is -2.14. The average Bonchev–Trinajstić information content (AvgIpc) is 2.71. The van der Waals surface area contributed by atoms with Gasteiger partial charge in [-0.2, -0.15) is 0 Å². The van der Waals surface area contributed by atoms with Gasteiger partial charge in [-0.05, 0) is 44.0 Å². The number of hydrogen-bond donors (Lipinski definition) is 2. The highest BCUT2D eigenvalue weighted by Gasteiger charge is 2.21. The van der Waals surface area contributed by atoms with Crippen molar-refractivity contribution in [1.82, 2.24) is 10.0 Å². The standard InChI is InChI=1S/C21H26N2O5S/c1-4-12-23-29(26,27)19-7-5-6-18(13-19)21(25)28-16(3)20(24)22-14-17-10-8-15(2)9-11-17/h5-11,13,16,23H,4,12,14H2,1-3H3,(H,22,24)/t16-/m1/s1. The summed E-state index contributed by atoms with van der Waals surface area (Å²) in [4.78, 5) is 24.5. The Bertz CT molecular complexity index is 955. The first-order chi connectivity index (χ1) is 13.7. The van der Waals surface area contributed by atoms with Gasteiger partial charge in [0.25, 0.3) is 5.91 Å². The number of sulfonamides is 1. The third kappa shape index (κ3) is 6.69. The van der Waals surface area contributed by atoms with Crippen molar-refractivity contribution in [2.24, 2.45) is 0 Å². The SMILES string of the molecule is CCCNS(=O)(=O)c1cccc(C(=O)O[C@H](C)C(=O)NCc2ccc(C)cc2)c1. The largest absolute Gasteiger partial charge is 0.449 e. The zero-order valence-electron chi connectivity index (χ0n) is 16.8. The van der Waals surface area contributed by atoms with E-state index in [0.29, 0.717) is 19.5 Å². The fourth-order valence-electron chi connectivity index (χ4n) is 2.43. The molecular formula is C21H26N2O5S. The first-order valence-electron chi connectivity index (χ1n) is 9.37. The number of ether oxygens (including phenoxy) is 1. The molecular weight excluding hydrogens is 392 g/mol. The molecule has 0 bridgehead atoms. The van der Waals surface area contributed by atoms with E-state index in [1.807, 2.05) is 38.1 Å². The molecule has 1 atom stereocenters. The van der Waals surface area contributed by atoms with Crippen molar-refractivity contribution in [1.29, 1.82) is 0 Å². The van der Waals surface area contributed by atoms with Crippen molar-refractivity contribution in [3.63, 3.8) is 0 Å². The number of rotatable bonds is 9. The topological polar surface area (TPSA) is 102 Å². The maximum atomic E-state index is 12.3. The van der Waals surface area contributed by atoms with Gasteiger partial charge in [-0.25, -0.2) is 17.9 Å². The predicted molar refractivity (Wildman–Crippen MR) is 110 cm³/mol. The summed E-state index contributed by atoms with van der Waals surface area (Å²) in [7, 11) is -3.70. The molecule has 156 valence electrons. The van der Waals surface area contributed by atoms with E-state index in [1.54, 1.807) is 0 Å². The number of benzene rings is 2. The van der Waals surface area contributed by atoms with Crippen molar-refractivity contribution < 1.29 is 22.7 Å². The molecule has 0 radical (unpaired) electrons. The molecule has 0 fully saturated rings. The number of nitrogens with one attached hydrogen (secondary N) is 2. The first kappa shape index (κ1) is 22.6. The molecule has 2 aromatic rings. The highest BCUT2D eigenvalue weighted by molar-refractivity contribution is 7.89. The second kappa shape index (κ2) is 10.2. The van der Waals surface area contributed by atoms with E-state index in [0.717, 1.165) is 11.1 Å². The van der Waals surface area contributed by atoms with Crippen molar-refractivity contribution >= 4 is 21.9 Å². The summed E-state index contributed by atoms with van der Waals surface area (Å²) in [5.74, 6) is -1.21. The summed E-state index contributed by atoms with van der Waals surface area (Å²) in [5, 5.41) is 2.71. The Kier molecular flexibility index (Phi) is 7.92. The Morgan fingerprint density at radius 2 is 1.79 bits per heavy atom. The van der Waals surface area contributed by atoms with Crippen LogP contribution in [0.1, 0.15) is 41.8 Å². The second-order valence-electron chi connectivity index (χ2n) is 6.68. The number of carbonyl (C=O) groups excluding carboxylic acids is 2. The van der Waals surface area contributed by atoms with Crippen LogP contribution in [-0.4, -0.2) is 32.9 Å². The van der Waals surface area contributed by atoms with Crippen LogP contribution in [0.2, 0.25) is 0 Å². The lowest BCUT2D eigenvalue weighted by Crippen LogP contribution is -2.35. The normalized spacial score (nSPS) is 12.2.